The summed E-state index contributed by atoms with van der Waals surface area (Å²) in [6.07, 6.45) is 0.632. The Morgan fingerprint density at radius 2 is 1.89 bits per heavy atom. The van der Waals surface area contributed by atoms with Crippen LogP contribution in [0.3, 0.4) is 0 Å². The Labute approximate surface area is 208 Å². The maximum atomic E-state index is 15.1. The molecule has 1 aliphatic carbocycles. The van der Waals surface area contributed by atoms with Crippen LogP contribution in [0.4, 0.5) is 4.39 Å². The van der Waals surface area contributed by atoms with Crippen molar-refractivity contribution in [3.63, 3.8) is 0 Å². The molecule has 0 aromatic heterocycles. The predicted molar refractivity (Wildman–Crippen MR) is 131 cm³/mol. The number of hydrogen-bond acceptors (Lipinski definition) is 6. The first-order valence-corrected chi connectivity index (χ1v) is 11.8. The largest absolute Gasteiger partial charge is 0.493 e. The molecule has 0 saturated carbocycles. The maximum absolute atomic E-state index is 15.1. The molecule has 0 spiro atoms. The van der Waals surface area contributed by atoms with E-state index >= 15 is 4.39 Å². The summed E-state index contributed by atoms with van der Waals surface area (Å²) in [5.41, 5.74) is 2.36. The van der Waals surface area contributed by atoms with Crippen molar-refractivity contribution in [1.82, 2.24) is 0 Å². The lowest BCUT2D eigenvalue weighted by Gasteiger charge is -2.37. The van der Waals surface area contributed by atoms with Crippen LogP contribution in [0.1, 0.15) is 49.7 Å². The van der Waals surface area contributed by atoms with Crippen LogP contribution in [0.25, 0.3) is 0 Å². The van der Waals surface area contributed by atoms with E-state index in [0.29, 0.717) is 34.9 Å². The van der Waals surface area contributed by atoms with Gasteiger partial charge in [0.15, 0.2) is 17.3 Å². The lowest BCUT2D eigenvalue weighted by Crippen LogP contribution is -2.38. The molecule has 6 nitrogen and oxygen atoms in total. The molecule has 8 heteroatoms. The number of rotatable bonds is 6. The van der Waals surface area contributed by atoms with Gasteiger partial charge in [0.1, 0.15) is 11.7 Å². The molecule has 184 valence electrons. The number of nitrogens with zero attached hydrogens (tertiary/aromatic N) is 1. The zero-order chi connectivity index (χ0) is 25.3. The molecule has 2 aliphatic rings. The van der Waals surface area contributed by atoms with Gasteiger partial charge in [0.2, 0.25) is 0 Å². The van der Waals surface area contributed by atoms with Crippen LogP contribution in [-0.2, 0) is 14.3 Å². The van der Waals surface area contributed by atoms with Gasteiger partial charge in [0.05, 0.1) is 20.8 Å². The summed E-state index contributed by atoms with van der Waals surface area (Å²) < 4.78 is 31.2. The number of ether oxygens (including phenoxy) is 3. The van der Waals surface area contributed by atoms with Gasteiger partial charge in [-0.1, -0.05) is 23.7 Å². The first-order chi connectivity index (χ1) is 16.8. The Bertz CT molecular complexity index is 1220. The normalized spacial score (nSPS) is 21.8. The molecule has 2 aromatic carbocycles. The fraction of sp³-hybridized carbons (Fsp3) is 0.370. The Hall–Kier alpha value is -3.19. The maximum Gasteiger partial charge on any atom is 0.315 e. The van der Waals surface area contributed by atoms with Gasteiger partial charge in [0.25, 0.3) is 0 Å². The van der Waals surface area contributed by atoms with E-state index in [0.717, 1.165) is 5.56 Å². The van der Waals surface area contributed by atoms with Gasteiger partial charge < -0.3 is 14.2 Å². The van der Waals surface area contributed by atoms with E-state index in [-0.39, 0.29) is 35.3 Å². The first-order valence-electron chi connectivity index (χ1n) is 11.4. The summed E-state index contributed by atoms with van der Waals surface area (Å²) in [6.45, 7) is 3.56. The zero-order valence-corrected chi connectivity index (χ0v) is 20.8. The van der Waals surface area contributed by atoms with Crippen molar-refractivity contribution in [2.24, 2.45) is 10.9 Å². The van der Waals surface area contributed by atoms with Crippen LogP contribution >= 0.6 is 11.6 Å². The Morgan fingerprint density at radius 3 is 2.54 bits per heavy atom. The van der Waals surface area contributed by atoms with Gasteiger partial charge in [-0.25, -0.2) is 4.39 Å². The first kappa shape index (κ1) is 24.9. The van der Waals surface area contributed by atoms with E-state index in [2.05, 4.69) is 4.99 Å². The molecule has 0 radical (unpaired) electrons. The fourth-order valence-corrected chi connectivity index (χ4v) is 5.34. The average molecular weight is 500 g/mol. The third kappa shape index (κ3) is 4.57. The molecule has 3 atom stereocenters. The number of esters is 1. The molecule has 0 saturated heterocycles. The zero-order valence-electron chi connectivity index (χ0n) is 20.1. The van der Waals surface area contributed by atoms with Crippen molar-refractivity contribution in [2.75, 3.05) is 20.8 Å². The number of hydrogen-bond donors (Lipinski definition) is 0. The standard InChI is InChI=1S/C27H27ClFNO5/c1-5-35-27(32)23-14(2)30-19-11-16(15-9-10-21(33-3)22(13-15)34-4)12-20(31)25(19)26(23)24-17(28)7-6-8-18(24)29/h6-10,13,16,23,26H,5,11-12H2,1-4H3/t16-,23?,26+/m1/s1. The topological polar surface area (TPSA) is 74.2 Å². The predicted octanol–water partition coefficient (Wildman–Crippen LogP) is 5.63. The number of carbonyl (C=O) groups excluding carboxylic acids is 2. The van der Waals surface area contributed by atoms with Crippen LogP contribution in [0.2, 0.25) is 5.02 Å². The van der Waals surface area contributed by atoms with Gasteiger partial charge in [-0.05, 0) is 56.0 Å². The highest BCUT2D eigenvalue weighted by molar-refractivity contribution is 6.31. The van der Waals surface area contributed by atoms with Gasteiger partial charge >= 0.3 is 5.97 Å². The third-order valence-corrected chi connectivity index (χ3v) is 6.95. The van der Waals surface area contributed by atoms with Crippen molar-refractivity contribution in [1.29, 1.82) is 0 Å². The van der Waals surface area contributed by atoms with E-state index in [4.69, 9.17) is 25.8 Å². The van der Waals surface area contributed by atoms with E-state index < -0.39 is 23.6 Å². The van der Waals surface area contributed by atoms with Crippen LogP contribution in [0.15, 0.2) is 52.7 Å². The van der Waals surface area contributed by atoms with Gasteiger partial charge in [-0.3, -0.25) is 14.6 Å². The minimum atomic E-state index is -0.940. The minimum absolute atomic E-state index is 0.117. The van der Waals surface area contributed by atoms with Crippen molar-refractivity contribution in [2.45, 2.75) is 38.5 Å². The smallest absolute Gasteiger partial charge is 0.315 e. The molecule has 4 rings (SSSR count). The molecule has 1 aliphatic heterocycles. The Balaban J connectivity index is 1.82. The quantitative estimate of drug-likeness (QED) is 0.481. The van der Waals surface area contributed by atoms with Gasteiger partial charge in [-0.15, -0.1) is 0 Å². The van der Waals surface area contributed by atoms with E-state index in [1.807, 2.05) is 12.1 Å². The number of carbonyl (C=O) groups is 2. The van der Waals surface area contributed by atoms with E-state index in [1.165, 1.54) is 12.1 Å². The second-order valence-electron chi connectivity index (χ2n) is 8.60. The number of methoxy groups -OCH3 is 2. The molecular weight excluding hydrogens is 473 g/mol. The Morgan fingerprint density at radius 1 is 1.14 bits per heavy atom. The number of halogens is 2. The van der Waals surface area contributed by atoms with Gasteiger partial charge in [0, 0.05) is 39.9 Å². The van der Waals surface area contributed by atoms with Crippen LogP contribution < -0.4 is 9.47 Å². The number of allylic oxidation sites excluding steroid dienone is 2. The van der Waals surface area contributed by atoms with Crippen molar-refractivity contribution < 1.29 is 28.2 Å². The van der Waals surface area contributed by atoms with Crippen LogP contribution in [0.5, 0.6) is 11.5 Å². The monoisotopic (exact) mass is 499 g/mol. The third-order valence-electron chi connectivity index (χ3n) is 6.62. The SMILES string of the molecule is CCOC(=O)C1C(C)=NC2=C(C(=O)C[C@H](c3ccc(OC)c(OC)c3)C2)[C@@H]1c1c(F)cccc1Cl. The van der Waals surface area contributed by atoms with E-state index in [9.17, 15) is 9.59 Å². The highest BCUT2D eigenvalue weighted by atomic mass is 35.5. The summed E-state index contributed by atoms with van der Waals surface area (Å²) in [5, 5.41) is 0.153. The second kappa shape index (κ2) is 10.2. The molecule has 0 N–H and O–H groups in total. The summed E-state index contributed by atoms with van der Waals surface area (Å²) in [5.74, 6) is -2.17. The molecular formula is C27H27ClFNO5. The summed E-state index contributed by atoms with van der Waals surface area (Å²) in [4.78, 5) is 31.3. The summed E-state index contributed by atoms with van der Waals surface area (Å²) in [7, 11) is 3.12. The molecule has 0 bridgehead atoms. The van der Waals surface area contributed by atoms with Crippen molar-refractivity contribution in [3.8, 4) is 11.5 Å². The second-order valence-corrected chi connectivity index (χ2v) is 9.01. The Kier molecular flexibility index (Phi) is 7.26. The van der Waals surface area contributed by atoms with Crippen molar-refractivity contribution in [3.05, 3.63) is 69.6 Å². The molecule has 2 aromatic rings. The summed E-state index contributed by atoms with van der Waals surface area (Å²) in [6, 6.07) is 9.89. The highest BCUT2D eigenvalue weighted by Crippen LogP contribution is 2.49. The lowest BCUT2D eigenvalue weighted by atomic mass is 9.69. The summed E-state index contributed by atoms with van der Waals surface area (Å²) >= 11 is 6.43. The fourth-order valence-electron chi connectivity index (χ4n) is 5.06. The highest BCUT2D eigenvalue weighted by Gasteiger charge is 2.46. The molecule has 0 fully saturated rings. The van der Waals surface area contributed by atoms with Crippen LogP contribution in [0, 0.1) is 11.7 Å². The minimum Gasteiger partial charge on any atom is -0.493 e. The number of aliphatic imine (C=N–C) groups is 1. The number of benzene rings is 2. The van der Waals surface area contributed by atoms with E-state index in [1.54, 1.807) is 40.2 Å². The number of Topliss-reactive ketones (excluding diaryl/α,β-unsaturated/α-hetero) is 1. The van der Waals surface area contributed by atoms with Crippen LogP contribution in [-0.4, -0.2) is 38.3 Å². The lowest BCUT2D eigenvalue weighted by molar-refractivity contribution is -0.146. The molecule has 0 amide bonds. The van der Waals surface area contributed by atoms with Gasteiger partial charge in [-0.2, -0.15) is 0 Å². The average Bonchev–Trinajstić information content (AvgIpc) is 2.83. The molecule has 35 heavy (non-hydrogen) atoms. The number of ketones is 1. The molecule has 1 heterocycles. The molecule has 1 unspecified atom stereocenters. The van der Waals surface area contributed by atoms with Crippen molar-refractivity contribution >= 4 is 29.1 Å².